The van der Waals surface area contributed by atoms with Crippen molar-refractivity contribution in [2.75, 3.05) is 7.11 Å². The number of methoxy groups -OCH3 is 1. The monoisotopic (exact) mass is 537 g/mol. The van der Waals surface area contributed by atoms with Crippen LogP contribution in [0.2, 0.25) is 0 Å². The molecule has 6 nitrogen and oxygen atoms in total. The number of unbranched alkanes of at least 4 members (excludes halogenated alkanes) is 14. The predicted molar refractivity (Wildman–Crippen MR) is 159 cm³/mol. The lowest BCUT2D eigenvalue weighted by Gasteiger charge is -2.10. The molecule has 0 aromatic heterocycles. The first-order valence-corrected chi connectivity index (χ1v) is 14.8. The quantitative estimate of drug-likeness (QED) is 0.0742. The van der Waals surface area contributed by atoms with Crippen LogP contribution < -0.4 is 9.47 Å². The van der Waals surface area contributed by atoms with Crippen LogP contribution >= 0.6 is 0 Å². The van der Waals surface area contributed by atoms with Gasteiger partial charge in [0, 0.05) is 12.6 Å². The Labute approximate surface area is 234 Å². The van der Waals surface area contributed by atoms with Crippen molar-refractivity contribution in [1.29, 1.82) is 0 Å². The second-order valence-corrected chi connectivity index (χ2v) is 10.2. The molecule has 1 N–H and O–H groups in total. The highest BCUT2D eigenvalue weighted by atomic mass is 16.6. The third kappa shape index (κ3) is 13.5. The van der Waals surface area contributed by atoms with Gasteiger partial charge < -0.3 is 14.6 Å². The summed E-state index contributed by atoms with van der Waals surface area (Å²) in [5.74, 6) is -0.502. The molecule has 39 heavy (non-hydrogen) atoms. The first-order chi connectivity index (χ1) is 19.0. The van der Waals surface area contributed by atoms with Gasteiger partial charge in [0.05, 0.1) is 18.4 Å². The van der Waals surface area contributed by atoms with Gasteiger partial charge in [-0.2, -0.15) is 0 Å². The average Bonchev–Trinajstić information content (AvgIpc) is 2.94. The molecule has 0 radical (unpaired) electrons. The Morgan fingerprint density at radius 2 is 1.33 bits per heavy atom. The number of carbonyl (C=O) groups excluding carboxylic acids is 1. The summed E-state index contributed by atoms with van der Waals surface area (Å²) in [6, 6.07) is 11.7. The number of carboxylic acids is 1. The Balaban J connectivity index is 1.61. The van der Waals surface area contributed by atoms with Gasteiger partial charge in [-0.25, -0.2) is 4.79 Å². The number of carboxylic acid groups (broad SMARTS) is 1. The van der Waals surface area contributed by atoms with E-state index in [1.54, 1.807) is 42.6 Å². The summed E-state index contributed by atoms with van der Waals surface area (Å²) >= 11 is 0. The summed E-state index contributed by atoms with van der Waals surface area (Å²) in [7, 11) is 1.52. The lowest BCUT2D eigenvalue weighted by molar-refractivity contribution is -0.134. The average molecular weight is 538 g/mol. The molecule has 214 valence electrons. The summed E-state index contributed by atoms with van der Waals surface area (Å²) in [4.78, 5) is 28.0. The highest BCUT2D eigenvalue weighted by Crippen LogP contribution is 2.29. The van der Waals surface area contributed by atoms with Gasteiger partial charge in [-0.1, -0.05) is 109 Å². The van der Waals surface area contributed by atoms with Crippen LogP contribution in [0.25, 0.3) is 0 Å². The summed E-state index contributed by atoms with van der Waals surface area (Å²) < 4.78 is 10.9. The maximum atomic E-state index is 12.4. The molecule has 0 spiro atoms. The van der Waals surface area contributed by atoms with E-state index in [0.717, 1.165) is 19.3 Å². The maximum Gasteiger partial charge on any atom is 0.337 e. The van der Waals surface area contributed by atoms with Gasteiger partial charge in [0.1, 0.15) is 0 Å². The Morgan fingerprint density at radius 1 is 0.769 bits per heavy atom. The van der Waals surface area contributed by atoms with E-state index in [0.29, 0.717) is 29.2 Å². The number of aliphatic imine (C=N–C) groups is 1. The highest BCUT2D eigenvalue weighted by molar-refractivity contribution is 5.95. The molecule has 0 heterocycles. The van der Waals surface area contributed by atoms with E-state index >= 15 is 0 Å². The molecule has 0 bridgehead atoms. The zero-order chi connectivity index (χ0) is 28.1. The Bertz CT molecular complexity index is 1020. The van der Waals surface area contributed by atoms with Gasteiger partial charge in [-0.05, 0) is 42.3 Å². The fourth-order valence-electron chi connectivity index (χ4n) is 4.57. The van der Waals surface area contributed by atoms with Gasteiger partial charge in [0.15, 0.2) is 11.5 Å². The molecule has 6 heteroatoms. The van der Waals surface area contributed by atoms with Crippen molar-refractivity contribution < 1.29 is 24.2 Å². The van der Waals surface area contributed by atoms with Gasteiger partial charge >= 0.3 is 11.9 Å². The van der Waals surface area contributed by atoms with Crippen LogP contribution in [0, 0.1) is 0 Å². The number of hydrogen-bond donors (Lipinski definition) is 1. The molecule has 2 aromatic rings. The number of esters is 1. The zero-order valence-electron chi connectivity index (χ0n) is 24.0. The van der Waals surface area contributed by atoms with Gasteiger partial charge in [0.25, 0.3) is 0 Å². The molecule has 0 atom stereocenters. The number of hydrogen-bond acceptors (Lipinski definition) is 5. The van der Waals surface area contributed by atoms with Crippen molar-refractivity contribution in [1.82, 2.24) is 0 Å². The highest BCUT2D eigenvalue weighted by Gasteiger charge is 2.11. The first kappa shape index (κ1) is 32.1. The fourth-order valence-corrected chi connectivity index (χ4v) is 4.57. The van der Waals surface area contributed by atoms with Crippen LogP contribution in [-0.4, -0.2) is 30.4 Å². The number of para-hydroxylation sites is 1. The smallest absolute Gasteiger partial charge is 0.337 e. The molecule has 0 saturated heterocycles. The number of rotatable bonds is 21. The number of aromatic carboxylic acids is 1. The third-order valence-electron chi connectivity index (χ3n) is 6.88. The largest absolute Gasteiger partial charge is 0.493 e. The topological polar surface area (TPSA) is 85.2 Å². The number of carbonyl (C=O) groups is 2. The van der Waals surface area contributed by atoms with Crippen LogP contribution in [0.4, 0.5) is 5.69 Å². The minimum Gasteiger partial charge on any atom is -0.493 e. The summed E-state index contributed by atoms with van der Waals surface area (Å²) in [5.41, 5.74) is 1.20. The molecule has 0 amide bonds. The lowest BCUT2D eigenvalue weighted by atomic mass is 10.0. The van der Waals surface area contributed by atoms with Crippen molar-refractivity contribution in [2.24, 2.45) is 4.99 Å². The van der Waals surface area contributed by atoms with E-state index < -0.39 is 5.97 Å². The van der Waals surface area contributed by atoms with E-state index in [9.17, 15) is 14.7 Å². The standard InChI is InChI=1S/C33H47NO5/c1-3-4-5-6-7-8-9-10-11-12-13-14-15-16-17-22-32(35)39-30-24-23-27(25-31(30)38-2)26-34-29-21-19-18-20-28(29)33(36)37/h18-21,23-26H,3-17,22H2,1-2H3,(H,36,37). The molecular formula is C33H47NO5. The van der Waals surface area contributed by atoms with Crippen molar-refractivity contribution >= 4 is 23.8 Å². The summed E-state index contributed by atoms with van der Waals surface area (Å²) in [6.07, 6.45) is 21.2. The second-order valence-electron chi connectivity index (χ2n) is 10.2. The van der Waals surface area contributed by atoms with E-state index in [2.05, 4.69) is 11.9 Å². The molecule has 0 saturated carbocycles. The number of ether oxygens (including phenoxy) is 2. The normalized spacial score (nSPS) is 11.1. The first-order valence-electron chi connectivity index (χ1n) is 14.8. The minimum atomic E-state index is -1.03. The molecule has 0 aliphatic heterocycles. The van der Waals surface area contributed by atoms with Gasteiger partial charge in [-0.3, -0.25) is 9.79 Å². The second kappa shape index (κ2) is 19.9. The fraction of sp³-hybridized carbons (Fsp3) is 0.545. The Morgan fingerprint density at radius 3 is 1.90 bits per heavy atom. The number of nitrogens with zero attached hydrogens (tertiary/aromatic N) is 1. The molecule has 2 rings (SSSR count). The Kier molecular flexibility index (Phi) is 16.3. The summed E-state index contributed by atoms with van der Waals surface area (Å²) in [5, 5.41) is 9.31. The van der Waals surface area contributed by atoms with E-state index in [1.807, 2.05) is 0 Å². The van der Waals surface area contributed by atoms with Crippen molar-refractivity contribution in [3.05, 3.63) is 53.6 Å². The van der Waals surface area contributed by atoms with Crippen LogP contribution in [0.15, 0.2) is 47.5 Å². The van der Waals surface area contributed by atoms with Gasteiger partial charge in [-0.15, -0.1) is 0 Å². The molecular weight excluding hydrogens is 490 g/mol. The SMILES string of the molecule is CCCCCCCCCCCCCCCCCC(=O)Oc1ccc(C=Nc2ccccc2C(=O)O)cc1OC. The van der Waals surface area contributed by atoms with Crippen molar-refractivity contribution in [3.63, 3.8) is 0 Å². The van der Waals surface area contributed by atoms with Crippen molar-refractivity contribution in [3.8, 4) is 11.5 Å². The van der Waals surface area contributed by atoms with Crippen LogP contribution in [0.5, 0.6) is 11.5 Å². The van der Waals surface area contributed by atoms with Crippen LogP contribution in [0.3, 0.4) is 0 Å². The van der Waals surface area contributed by atoms with E-state index in [-0.39, 0.29) is 11.5 Å². The molecule has 2 aromatic carbocycles. The van der Waals surface area contributed by atoms with Crippen molar-refractivity contribution in [2.45, 2.75) is 110 Å². The summed E-state index contributed by atoms with van der Waals surface area (Å²) in [6.45, 7) is 2.27. The molecule has 0 fully saturated rings. The molecule has 0 aliphatic rings. The van der Waals surface area contributed by atoms with Gasteiger partial charge in [0.2, 0.25) is 0 Å². The van der Waals surface area contributed by atoms with Crippen LogP contribution in [-0.2, 0) is 4.79 Å². The maximum absolute atomic E-state index is 12.4. The zero-order valence-corrected chi connectivity index (χ0v) is 24.0. The predicted octanol–water partition coefficient (Wildman–Crippen LogP) is 9.31. The van der Waals surface area contributed by atoms with Crippen LogP contribution in [0.1, 0.15) is 126 Å². The third-order valence-corrected chi connectivity index (χ3v) is 6.88. The molecule has 0 unspecified atom stereocenters. The van der Waals surface area contributed by atoms with E-state index in [1.165, 1.54) is 90.2 Å². The number of benzene rings is 2. The minimum absolute atomic E-state index is 0.130. The lowest BCUT2D eigenvalue weighted by Crippen LogP contribution is -2.08. The Hall–Kier alpha value is -3.15. The molecule has 0 aliphatic carbocycles. The van der Waals surface area contributed by atoms with E-state index in [4.69, 9.17) is 9.47 Å².